The third-order valence-electron chi connectivity index (χ3n) is 24.6. The summed E-state index contributed by atoms with van der Waals surface area (Å²) in [6.45, 7) is 24.5. The summed E-state index contributed by atoms with van der Waals surface area (Å²) in [4.78, 5) is 79.1. The second-order valence-corrected chi connectivity index (χ2v) is 38.8. The zero-order chi connectivity index (χ0) is 81.9. The van der Waals surface area contributed by atoms with E-state index < -0.39 is 0 Å². The van der Waals surface area contributed by atoms with Gasteiger partial charge >= 0.3 is 0 Å². The van der Waals surface area contributed by atoms with E-state index in [2.05, 4.69) is 154 Å². The maximum Gasteiger partial charge on any atom is 0.261 e. The number of nitriles is 4. The number of carbonyl (C=O) groups excluding carboxylic acids is 4. The second kappa shape index (κ2) is 38.5. The van der Waals surface area contributed by atoms with E-state index in [0.29, 0.717) is 68.9 Å². The van der Waals surface area contributed by atoms with Gasteiger partial charge in [-0.15, -0.1) is 68.0 Å². The average molecular weight is 1650 g/mol. The van der Waals surface area contributed by atoms with Crippen LogP contribution in [-0.4, -0.2) is 69.4 Å². The van der Waals surface area contributed by atoms with Crippen LogP contribution in [0.4, 0.5) is 0 Å². The molecule has 0 radical (unpaired) electrons. The van der Waals surface area contributed by atoms with Crippen molar-refractivity contribution in [2.75, 3.05) is 26.2 Å². The first kappa shape index (κ1) is 84.8. The fraction of sp³-hybridized carbons (Fsp3) is 0.429. The molecule has 0 N–H and O–H groups in total. The van der Waals surface area contributed by atoms with Crippen LogP contribution in [0.2, 0.25) is 0 Å². The molecule has 4 atom stereocenters. The number of nitrogens with zero attached hydrogens (tertiary/aromatic N) is 8. The molecule has 4 unspecified atom stereocenters. The lowest BCUT2D eigenvalue weighted by atomic mass is 9.75. The molecule has 12 nitrogen and oxygen atoms in total. The van der Waals surface area contributed by atoms with Crippen molar-refractivity contribution >= 4 is 138 Å². The first-order chi connectivity index (χ1) is 56.5. The first-order valence-electron chi connectivity index (χ1n) is 42.7. The van der Waals surface area contributed by atoms with Crippen molar-refractivity contribution in [3.63, 3.8) is 0 Å². The van der Waals surface area contributed by atoms with Crippen molar-refractivity contribution in [2.24, 2.45) is 23.7 Å². The summed E-state index contributed by atoms with van der Waals surface area (Å²) in [5.74, 6) is 0.473. The minimum absolute atomic E-state index is 0.0797. The Kier molecular flexibility index (Phi) is 28.2. The normalized spacial score (nSPS) is 17.1. The topological polar surface area (TPSA) is 176 Å². The van der Waals surface area contributed by atoms with Crippen LogP contribution >= 0.6 is 68.0 Å². The molecular weight excluding hydrogens is 1550 g/mol. The fourth-order valence-electron chi connectivity index (χ4n) is 17.7. The Hall–Kier alpha value is -9.08. The average Bonchev–Trinajstić information content (AvgIpc) is 1.57. The molecule has 0 saturated heterocycles. The summed E-state index contributed by atoms with van der Waals surface area (Å²) in [7, 11) is 0. The number of rotatable bonds is 39. The van der Waals surface area contributed by atoms with Crippen molar-refractivity contribution in [2.45, 2.75) is 222 Å². The zero-order valence-electron chi connectivity index (χ0n) is 69.1. The van der Waals surface area contributed by atoms with Gasteiger partial charge in [-0.3, -0.25) is 19.2 Å². The Morgan fingerprint density at radius 2 is 0.672 bits per heavy atom. The lowest BCUT2D eigenvalue weighted by Crippen LogP contribution is -2.34. The van der Waals surface area contributed by atoms with E-state index in [4.69, 9.17) is 0 Å². The SMILES string of the molecule is CCCCCCCCC1(C)c2cc(-c3ccc(C4=C5C(=O)N(CC(CC)CCCC)C(c6ccc(/C=c7\ccc(=C(C#N)C#N)s7)s6)=C5C(=O)N4CC(CC)CCCC)s3)ccc2-c2ccc(-c3ccc(C4=C5C(=O)N(CC(CC)CCCC)C(c6ccc(/C=c7\ccc(=C(C#N)C#N)s7)s6)=C5C(=O)N4CC(CC)CCCC)s3)cc21. The van der Waals surface area contributed by atoms with Crippen LogP contribution < -0.4 is 18.1 Å². The number of hydrogen-bond donors (Lipinski definition) is 0. The van der Waals surface area contributed by atoms with Gasteiger partial charge in [-0.25, -0.2) is 0 Å². The van der Waals surface area contributed by atoms with Gasteiger partial charge in [-0.2, -0.15) is 21.0 Å². The second-order valence-electron chi connectivity index (χ2n) is 32.2. The Balaban J connectivity index is 0.894. The molecule has 18 heteroatoms. The van der Waals surface area contributed by atoms with Crippen LogP contribution in [0.15, 0.2) is 131 Å². The number of fused-ring (bicyclic) bond motifs is 5. The van der Waals surface area contributed by atoms with Crippen LogP contribution in [0.3, 0.4) is 0 Å². The van der Waals surface area contributed by atoms with Crippen LogP contribution in [0, 0.1) is 69.0 Å². The van der Waals surface area contributed by atoms with E-state index >= 15 is 19.2 Å². The van der Waals surface area contributed by atoms with Gasteiger partial charge in [-0.1, -0.05) is 209 Å². The monoisotopic (exact) mass is 1650 g/mol. The highest BCUT2D eigenvalue weighted by Crippen LogP contribution is 2.57. The minimum atomic E-state index is -0.361. The third kappa shape index (κ3) is 17.3. The summed E-state index contributed by atoms with van der Waals surface area (Å²) < 4.78 is 3.04. The van der Waals surface area contributed by atoms with Crippen molar-refractivity contribution in [3.05, 3.63) is 190 Å². The highest BCUT2D eigenvalue weighted by atomic mass is 32.1. The molecule has 8 aromatic rings. The maximum absolute atomic E-state index is 15.9. The van der Waals surface area contributed by atoms with Crippen molar-refractivity contribution in [3.8, 4) is 56.3 Å². The molecule has 4 amide bonds. The van der Waals surface area contributed by atoms with E-state index in [0.717, 1.165) is 193 Å². The van der Waals surface area contributed by atoms with Crippen LogP contribution in [0.1, 0.15) is 257 Å². The largest absolute Gasteiger partial charge is 0.306 e. The predicted octanol–water partition coefficient (Wildman–Crippen LogP) is 23.0. The fourth-order valence-corrected chi connectivity index (χ4v) is 23.8. The molecule has 2 aromatic carbocycles. The summed E-state index contributed by atoms with van der Waals surface area (Å²) in [5, 5.41) is 38.6. The predicted molar refractivity (Wildman–Crippen MR) is 483 cm³/mol. The molecular formula is C98H108N8O4S6. The molecule has 600 valence electrons. The summed E-state index contributed by atoms with van der Waals surface area (Å²) in [6, 6.07) is 46.6. The number of benzene rings is 2. The summed E-state index contributed by atoms with van der Waals surface area (Å²) in [5.41, 5.74) is 11.9. The van der Waals surface area contributed by atoms with Gasteiger partial charge in [0.15, 0.2) is 0 Å². The number of carbonyl (C=O) groups is 4. The summed E-state index contributed by atoms with van der Waals surface area (Å²) in [6.07, 6.45) is 28.0. The lowest BCUT2D eigenvalue weighted by Gasteiger charge is -2.29. The molecule has 0 bridgehead atoms. The molecule has 13 rings (SSSR count). The molecule has 1 aliphatic carbocycles. The lowest BCUT2D eigenvalue weighted by molar-refractivity contribution is -0.124. The van der Waals surface area contributed by atoms with E-state index in [9.17, 15) is 21.0 Å². The third-order valence-corrected chi connectivity index (χ3v) is 31.0. The zero-order valence-corrected chi connectivity index (χ0v) is 74.0. The molecule has 0 spiro atoms. The van der Waals surface area contributed by atoms with Gasteiger partial charge in [0.25, 0.3) is 23.6 Å². The Labute approximate surface area is 710 Å². The van der Waals surface area contributed by atoms with Gasteiger partial charge < -0.3 is 19.6 Å². The van der Waals surface area contributed by atoms with Gasteiger partial charge in [0.2, 0.25) is 0 Å². The van der Waals surface area contributed by atoms with Gasteiger partial charge in [0, 0.05) is 60.2 Å². The minimum Gasteiger partial charge on any atom is -0.306 e. The van der Waals surface area contributed by atoms with E-state index in [1.165, 1.54) is 70.6 Å². The molecule has 5 aliphatic rings. The van der Waals surface area contributed by atoms with Crippen molar-refractivity contribution in [1.29, 1.82) is 21.0 Å². The Bertz CT molecular complexity index is 5270. The number of thiophene rings is 6. The number of hydrogen-bond acceptors (Lipinski definition) is 14. The van der Waals surface area contributed by atoms with Gasteiger partial charge in [0.1, 0.15) is 35.4 Å². The Morgan fingerprint density at radius 3 is 1.00 bits per heavy atom. The van der Waals surface area contributed by atoms with E-state index in [-0.39, 0.29) is 63.9 Å². The molecule has 6 aromatic heterocycles. The first-order valence-corrected chi connectivity index (χ1v) is 47.6. The molecule has 10 heterocycles. The molecule has 0 saturated carbocycles. The smallest absolute Gasteiger partial charge is 0.261 e. The Morgan fingerprint density at radius 1 is 0.362 bits per heavy atom. The van der Waals surface area contributed by atoms with Crippen molar-refractivity contribution < 1.29 is 19.2 Å². The standard InChI is InChI=1S/C98H108N8O4S6/c1-11-20-25-26-27-28-49-98(10)76-50-66(78-45-47-84(115-78)92-88-86(94(107)105(92)60-64(18-8)31-23-14-4)90(103(96(88)109)58-62(16-6)29-21-12-2)82-43-37-72(113-82)52-70-35-41-80(111-70)68(54-99)55-100)33-39-74(76)75-40-34-67(51-77(75)98)79-46-48-85(116-79)93-89-87(95(108)106(93)61-65(19-9)32-24-15-5)91(104(97(89)110)59-63(17-7)30-22-13-3)83-44-38-73(114-83)53-71-36-42-81(112-71)69(56-101)57-102/h33-48,50-53,62-65H,11-32,49,58-61H2,1-10H3/b70-52+,71-53+. The van der Waals surface area contributed by atoms with Crippen molar-refractivity contribution in [1.82, 2.24) is 19.6 Å². The number of amides is 4. The molecule has 116 heavy (non-hydrogen) atoms. The van der Waals surface area contributed by atoms with Crippen LogP contribution in [0.25, 0.3) is 78.1 Å². The summed E-state index contributed by atoms with van der Waals surface area (Å²) >= 11 is 9.24. The van der Waals surface area contributed by atoms with E-state index in [1.807, 2.05) is 80.3 Å². The highest BCUT2D eigenvalue weighted by molar-refractivity contribution is 7.17. The van der Waals surface area contributed by atoms with E-state index in [1.54, 1.807) is 45.3 Å². The van der Waals surface area contributed by atoms with Crippen LogP contribution in [0.5, 0.6) is 0 Å². The highest BCUT2D eigenvalue weighted by Gasteiger charge is 2.52. The molecule has 4 aliphatic heterocycles. The van der Waals surface area contributed by atoms with Gasteiger partial charge in [-0.05, 0) is 186 Å². The number of unbranched alkanes of at least 4 members (excludes halogenated alkanes) is 9. The maximum atomic E-state index is 15.9. The molecule has 0 fully saturated rings. The van der Waals surface area contributed by atoms with Crippen LogP contribution in [-0.2, 0) is 24.6 Å². The quantitative estimate of drug-likeness (QED) is 0.0342. The van der Waals surface area contributed by atoms with Gasteiger partial charge in [0.05, 0.1) is 73.7 Å².